The molecule has 0 saturated carbocycles. The summed E-state index contributed by atoms with van der Waals surface area (Å²) in [5.41, 5.74) is 0.450. The van der Waals surface area contributed by atoms with Gasteiger partial charge in [0.05, 0.1) is 12.8 Å². The second-order valence-electron chi connectivity index (χ2n) is 4.25. The van der Waals surface area contributed by atoms with Gasteiger partial charge in [0.2, 0.25) is 0 Å². The summed E-state index contributed by atoms with van der Waals surface area (Å²) in [5.74, 6) is 0.0394. The molecule has 0 aliphatic rings. The van der Waals surface area contributed by atoms with Crippen molar-refractivity contribution in [3.63, 3.8) is 0 Å². The zero-order valence-corrected chi connectivity index (χ0v) is 13.8. The van der Waals surface area contributed by atoms with Crippen molar-refractivity contribution >= 4 is 31.6 Å². The molecule has 0 heterocycles. The highest BCUT2D eigenvalue weighted by Crippen LogP contribution is 2.29. The molecular weight excluding hydrogens is 361 g/mol. The highest BCUT2D eigenvalue weighted by Gasteiger charge is 2.24. The van der Waals surface area contributed by atoms with Crippen LogP contribution in [0.25, 0.3) is 0 Å². The van der Waals surface area contributed by atoms with E-state index in [0.717, 1.165) is 16.4 Å². The standard InChI is InChI=1S/C14H13BrFNO3S/c1-17(11-4-3-5-12(9-11)20-2)21(18,19)14-7-6-10(16)8-13(14)15/h3-9H,1-2H3. The number of methoxy groups -OCH3 is 1. The highest BCUT2D eigenvalue weighted by molar-refractivity contribution is 9.10. The lowest BCUT2D eigenvalue weighted by Crippen LogP contribution is -2.26. The van der Waals surface area contributed by atoms with Gasteiger partial charge in [0.1, 0.15) is 16.5 Å². The second-order valence-corrected chi connectivity index (χ2v) is 7.04. The van der Waals surface area contributed by atoms with E-state index in [0.29, 0.717) is 11.4 Å². The molecule has 0 bridgehead atoms. The van der Waals surface area contributed by atoms with Gasteiger partial charge in [-0.2, -0.15) is 0 Å². The number of sulfonamides is 1. The number of ether oxygens (including phenoxy) is 1. The van der Waals surface area contributed by atoms with E-state index in [1.807, 2.05) is 0 Å². The van der Waals surface area contributed by atoms with E-state index in [2.05, 4.69) is 15.9 Å². The van der Waals surface area contributed by atoms with Crippen molar-refractivity contribution in [2.24, 2.45) is 0 Å². The third-order valence-corrected chi connectivity index (χ3v) is 5.71. The van der Waals surface area contributed by atoms with Crippen molar-refractivity contribution in [2.75, 3.05) is 18.5 Å². The second kappa shape index (κ2) is 6.03. The molecule has 0 aliphatic carbocycles. The Balaban J connectivity index is 2.47. The molecular formula is C14H13BrFNO3S. The van der Waals surface area contributed by atoms with Gasteiger partial charge in [-0.25, -0.2) is 12.8 Å². The predicted molar refractivity (Wildman–Crippen MR) is 82.7 cm³/mol. The smallest absolute Gasteiger partial charge is 0.265 e. The average molecular weight is 374 g/mol. The highest BCUT2D eigenvalue weighted by atomic mass is 79.9. The van der Waals surface area contributed by atoms with E-state index in [4.69, 9.17) is 4.74 Å². The fourth-order valence-corrected chi connectivity index (χ4v) is 3.97. The maximum Gasteiger partial charge on any atom is 0.265 e. The molecule has 112 valence electrons. The van der Waals surface area contributed by atoms with Gasteiger partial charge >= 0.3 is 0 Å². The molecule has 0 atom stereocenters. The van der Waals surface area contributed by atoms with Gasteiger partial charge in [-0.1, -0.05) is 6.07 Å². The minimum atomic E-state index is -3.80. The van der Waals surface area contributed by atoms with Crippen molar-refractivity contribution in [3.05, 3.63) is 52.8 Å². The molecule has 7 heteroatoms. The molecule has 0 amide bonds. The molecule has 0 fully saturated rings. The average Bonchev–Trinajstić information content (AvgIpc) is 2.46. The Morgan fingerprint density at radius 2 is 1.90 bits per heavy atom. The Labute approximate surface area is 131 Å². The van der Waals surface area contributed by atoms with Gasteiger partial charge in [-0.3, -0.25) is 4.31 Å². The van der Waals surface area contributed by atoms with Gasteiger partial charge in [0.15, 0.2) is 0 Å². The van der Waals surface area contributed by atoms with E-state index >= 15 is 0 Å². The SMILES string of the molecule is COc1cccc(N(C)S(=O)(=O)c2ccc(F)cc2Br)c1. The number of benzene rings is 2. The summed E-state index contributed by atoms with van der Waals surface area (Å²) in [4.78, 5) is -0.00535. The Bertz CT molecular complexity index is 765. The van der Waals surface area contributed by atoms with Crippen LogP contribution in [0.2, 0.25) is 0 Å². The number of rotatable bonds is 4. The fourth-order valence-electron chi connectivity index (χ4n) is 1.78. The molecule has 21 heavy (non-hydrogen) atoms. The summed E-state index contributed by atoms with van der Waals surface area (Å²) in [6.45, 7) is 0. The number of nitrogens with zero attached hydrogens (tertiary/aromatic N) is 1. The predicted octanol–water partition coefficient (Wildman–Crippen LogP) is 3.42. The molecule has 0 unspecified atom stereocenters. The van der Waals surface area contributed by atoms with Gasteiger partial charge in [0.25, 0.3) is 10.0 Å². The first kappa shape index (κ1) is 15.8. The van der Waals surface area contributed by atoms with Crippen LogP contribution in [0, 0.1) is 5.82 Å². The molecule has 0 spiro atoms. The van der Waals surface area contributed by atoms with E-state index in [-0.39, 0.29) is 9.37 Å². The lowest BCUT2D eigenvalue weighted by molar-refractivity contribution is 0.415. The van der Waals surface area contributed by atoms with Crippen LogP contribution in [0.3, 0.4) is 0 Å². The largest absolute Gasteiger partial charge is 0.497 e. The van der Waals surface area contributed by atoms with Crippen LogP contribution in [-0.4, -0.2) is 22.6 Å². The lowest BCUT2D eigenvalue weighted by atomic mass is 10.3. The third kappa shape index (κ3) is 3.19. The zero-order valence-electron chi connectivity index (χ0n) is 11.4. The molecule has 0 radical (unpaired) electrons. The maximum atomic E-state index is 13.1. The van der Waals surface area contributed by atoms with Crippen molar-refractivity contribution < 1.29 is 17.5 Å². The van der Waals surface area contributed by atoms with Crippen LogP contribution in [0.1, 0.15) is 0 Å². The molecule has 4 nitrogen and oxygen atoms in total. The number of hydrogen-bond donors (Lipinski definition) is 0. The Morgan fingerprint density at radius 3 is 2.52 bits per heavy atom. The summed E-state index contributed by atoms with van der Waals surface area (Å²) in [6, 6.07) is 10.1. The molecule has 0 N–H and O–H groups in total. The normalized spacial score (nSPS) is 11.2. The monoisotopic (exact) mass is 373 g/mol. The minimum Gasteiger partial charge on any atom is -0.497 e. The number of halogens is 2. The van der Waals surface area contributed by atoms with Crippen LogP contribution >= 0.6 is 15.9 Å². The first-order valence-electron chi connectivity index (χ1n) is 5.94. The molecule has 2 rings (SSSR count). The van der Waals surface area contributed by atoms with Crippen molar-refractivity contribution in [2.45, 2.75) is 4.90 Å². The van der Waals surface area contributed by atoms with Gasteiger partial charge < -0.3 is 4.74 Å². The minimum absolute atomic E-state index is 0.00535. The molecule has 0 saturated heterocycles. The van der Waals surface area contributed by atoms with Gasteiger partial charge in [-0.05, 0) is 46.3 Å². The summed E-state index contributed by atoms with van der Waals surface area (Å²) in [6.07, 6.45) is 0. The first-order valence-corrected chi connectivity index (χ1v) is 8.17. The van der Waals surface area contributed by atoms with Crippen molar-refractivity contribution in [1.82, 2.24) is 0 Å². The van der Waals surface area contributed by atoms with Crippen LogP contribution in [0.4, 0.5) is 10.1 Å². The number of hydrogen-bond acceptors (Lipinski definition) is 3. The van der Waals surface area contributed by atoms with Crippen LogP contribution in [-0.2, 0) is 10.0 Å². The first-order chi connectivity index (χ1) is 9.86. The topological polar surface area (TPSA) is 46.6 Å². The Hall–Kier alpha value is -1.60. The van der Waals surface area contributed by atoms with E-state index < -0.39 is 15.8 Å². The van der Waals surface area contributed by atoms with Crippen LogP contribution in [0.15, 0.2) is 51.8 Å². The number of anilines is 1. The van der Waals surface area contributed by atoms with E-state index in [1.165, 1.54) is 20.2 Å². The van der Waals surface area contributed by atoms with Crippen LogP contribution in [0.5, 0.6) is 5.75 Å². The molecule has 0 aliphatic heterocycles. The summed E-state index contributed by atoms with van der Waals surface area (Å²) in [5, 5.41) is 0. The molecule has 2 aromatic carbocycles. The van der Waals surface area contributed by atoms with Crippen LogP contribution < -0.4 is 9.04 Å². The quantitative estimate of drug-likeness (QED) is 0.824. The van der Waals surface area contributed by atoms with E-state index in [1.54, 1.807) is 24.3 Å². The van der Waals surface area contributed by atoms with Crippen molar-refractivity contribution in [3.8, 4) is 5.75 Å². The van der Waals surface area contributed by atoms with Crippen molar-refractivity contribution in [1.29, 1.82) is 0 Å². The lowest BCUT2D eigenvalue weighted by Gasteiger charge is -2.20. The Morgan fingerprint density at radius 1 is 1.19 bits per heavy atom. The van der Waals surface area contributed by atoms with E-state index in [9.17, 15) is 12.8 Å². The fraction of sp³-hybridized carbons (Fsp3) is 0.143. The van der Waals surface area contributed by atoms with Gasteiger partial charge in [-0.15, -0.1) is 0 Å². The zero-order chi connectivity index (χ0) is 15.6. The Kier molecular flexibility index (Phi) is 4.53. The molecule has 2 aromatic rings. The summed E-state index contributed by atoms with van der Waals surface area (Å²) in [7, 11) is -0.866. The summed E-state index contributed by atoms with van der Waals surface area (Å²) >= 11 is 3.08. The summed E-state index contributed by atoms with van der Waals surface area (Å²) < 4.78 is 44.7. The maximum absolute atomic E-state index is 13.1. The van der Waals surface area contributed by atoms with Gasteiger partial charge in [0, 0.05) is 17.6 Å². The third-order valence-electron chi connectivity index (χ3n) is 2.95. The molecule has 0 aromatic heterocycles.